The third kappa shape index (κ3) is 5.16. The molecule has 3 aromatic carbocycles. The number of benzene rings is 3. The molecule has 42 heavy (non-hydrogen) atoms. The Hall–Kier alpha value is -4.50. The van der Waals surface area contributed by atoms with Crippen LogP contribution in [0.3, 0.4) is 0 Å². The third-order valence-corrected chi connectivity index (χ3v) is 8.77. The zero-order chi connectivity index (χ0) is 29.4. The van der Waals surface area contributed by atoms with Gasteiger partial charge in [0.15, 0.2) is 0 Å². The minimum atomic E-state index is -0.966. The lowest BCUT2D eigenvalue weighted by atomic mass is 9.98. The summed E-state index contributed by atoms with van der Waals surface area (Å²) in [6, 6.07) is 22.3. The van der Waals surface area contributed by atoms with Crippen molar-refractivity contribution < 1.29 is 14.6 Å². The van der Waals surface area contributed by atoms with Crippen LogP contribution in [0.5, 0.6) is 5.75 Å². The lowest BCUT2D eigenvalue weighted by Gasteiger charge is -2.10. The van der Waals surface area contributed by atoms with Crippen LogP contribution < -0.4 is 4.74 Å². The molecule has 0 saturated carbocycles. The molecule has 6 aromatic rings. The van der Waals surface area contributed by atoms with Gasteiger partial charge in [0.05, 0.1) is 17.8 Å². The van der Waals surface area contributed by atoms with Gasteiger partial charge < -0.3 is 14.8 Å². The van der Waals surface area contributed by atoms with E-state index in [2.05, 4.69) is 34.3 Å². The molecule has 9 heteroatoms. The largest absolute Gasteiger partial charge is 0.493 e. The molecular formula is C33H33N5O3S. The first-order chi connectivity index (χ1) is 20.3. The second-order valence-electron chi connectivity index (χ2n) is 10.5. The van der Waals surface area contributed by atoms with Crippen LogP contribution in [0.15, 0.2) is 71.8 Å². The van der Waals surface area contributed by atoms with E-state index < -0.39 is 5.97 Å². The van der Waals surface area contributed by atoms with E-state index >= 15 is 0 Å². The van der Waals surface area contributed by atoms with Crippen LogP contribution in [-0.2, 0) is 26.3 Å². The summed E-state index contributed by atoms with van der Waals surface area (Å²) < 4.78 is 9.91. The number of carboxylic acid groups (broad SMARTS) is 1. The van der Waals surface area contributed by atoms with Gasteiger partial charge in [-0.1, -0.05) is 66.4 Å². The van der Waals surface area contributed by atoms with Gasteiger partial charge in [-0.2, -0.15) is 10.2 Å². The molecule has 0 saturated heterocycles. The quantitative estimate of drug-likeness (QED) is 0.133. The molecule has 0 unspecified atom stereocenters. The Morgan fingerprint density at radius 1 is 0.976 bits per heavy atom. The molecule has 0 fully saturated rings. The number of fused-ring (bicyclic) bond motifs is 2. The Labute approximate surface area is 248 Å². The minimum absolute atomic E-state index is 0.226. The van der Waals surface area contributed by atoms with Crippen molar-refractivity contribution >= 4 is 39.4 Å². The number of rotatable bonds is 10. The van der Waals surface area contributed by atoms with Gasteiger partial charge in [0, 0.05) is 53.1 Å². The van der Waals surface area contributed by atoms with Crippen molar-refractivity contribution in [3.8, 4) is 16.9 Å². The number of ether oxygens (including phenoxy) is 1. The number of aromatic carboxylic acids is 1. The van der Waals surface area contributed by atoms with E-state index in [1.54, 1.807) is 11.8 Å². The zero-order valence-corrected chi connectivity index (χ0v) is 25.0. The number of nitrogens with zero attached hydrogens (tertiary/aromatic N) is 4. The minimum Gasteiger partial charge on any atom is -0.493 e. The molecule has 0 aliphatic rings. The highest BCUT2D eigenvalue weighted by Gasteiger charge is 2.23. The number of aryl methyl sites for hydroxylation is 4. The van der Waals surface area contributed by atoms with Crippen LogP contribution >= 0.6 is 11.8 Å². The summed E-state index contributed by atoms with van der Waals surface area (Å²) >= 11 is 1.64. The SMILES string of the molecule is Cc1cc(SCc2nn(C)c(C)c2-c2cccc3c(CCCOc4cccc5ccccc45)c(C(=O)O)[nH]c23)nn1C. The second kappa shape index (κ2) is 11.4. The first-order valence-electron chi connectivity index (χ1n) is 14.0. The van der Waals surface area contributed by atoms with Gasteiger partial charge in [-0.05, 0) is 49.8 Å². The smallest absolute Gasteiger partial charge is 0.352 e. The van der Waals surface area contributed by atoms with Crippen LogP contribution in [0, 0.1) is 13.8 Å². The molecular weight excluding hydrogens is 546 g/mol. The predicted molar refractivity (Wildman–Crippen MR) is 167 cm³/mol. The molecule has 0 bridgehead atoms. The van der Waals surface area contributed by atoms with Gasteiger partial charge in [0.25, 0.3) is 0 Å². The van der Waals surface area contributed by atoms with Gasteiger partial charge in [0.1, 0.15) is 16.5 Å². The van der Waals surface area contributed by atoms with Crippen molar-refractivity contribution in [1.29, 1.82) is 0 Å². The van der Waals surface area contributed by atoms with E-state index in [0.717, 1.165) is 66.2 Å². The number of thioether (sulfide) groups is 1. The lowest BCUT2D eigenvalue weighted by molar-refractivity contribution is 0.0690. The van der Waals surface area contributed by atoms with Gasteiger partial charge >= 0.3 is 5.97 Å². The summed E-state index contributed by atoms with van der Waals surface area (Å²) in [5.41, 5.74) is 6.86. The Morgan fingerprint density at radius 3 is 2.52 bits per heavy atom. The molecule has 0 spiro atoms. The Bertz CT molecular complexity index is 1910. The summed E-state index contributed by atoms with van der Waals surface area (Å²) in [7, 11) is 3.88. The first kappa shape index (κ1) is 27.7. The number of carbonyl (C=O) groups is 1. The van der Waals surface area contributed by atoms with Gasteiger partial charge in [-0.3, -0.25) is 9.36 Å². The first-order valence-corrected chi connectivity index (χ1v) is 14.9. The predicted octanol–water partition coefficient (Wildman–Crippen LogP) is 7.07. The standard InChI is InChI=1S/C33H33N5O3S/c1-20-18-29(36-37(20)3)42-19-27-30(21(2)38(4)35-27)26-14-8-13-24-25(32(33(39)40)34-31(24)26)15-9-17-41-28-16-7-11-22-10-5-6-12-23(22)28/h5-8,10-14,16,18,34H,9,15,17,19H2,1-4H3,(H,39,40). The third-order valence-electron chi connectivity index (χ3n) is 7.86. The number of aromatic amines is 1. The molecule has 0 radical (unpaired) electrons. The summed E-state index contributed by atoms with van der Waals surface area (Å²) in [6.45, 7) is 4.56. The van der Waals surface area contributed by atoms with Crippen molar-refractivity contribution in [1.82, 2.24) is 24.5 Å². The van der Waals surface area contributed by atoms with Crippen LogP contribution in [0.4, 0.5) is 0 Å². The molecule has 0 amide bonds. The van der Waals surface area contributed by atoms with E-state index in [1.165, 1.54) is 0 Å². The fraction of sp³-hybridized carbons (Fsp3) is 0.242. The molecule has 2 N–H and O–H groups in total. The number of H-pyrrole nitrogens is 1. The number of nitrogens with one attached hydrogen (secondary N) is 1. The van der Waals surface area contributed by atoms with Crippen LogP contribution in [0.2, 0.25) is 0 Å². The lowest BCUT2D eigenvalue weighted by Crippen LogP contribution is -2.04. The normalized spacial score (nSPS) is 11.5. The van der Waals surface area contributed by atoms with E-state index in [0.29, 0.717) is 25.2 Å². The molecule has 0 aliphatic carbocycles. The van der Waals surface area contributed by atoms with Gasteiger partial charge in [-0.25, -0.2) is 4.79 Å². The number of para-hydroxylation sites is 1. The number of aromatic nitrogens is 5. The van der Waals surface area contributed by atoms with E-state index in [4.69, 9.17) is 9.84 Å². The monoisotopic (exact) mass is 579 g/mol. The molecule has 214 valence electrons. The van der Waals surface area contributed by atoms with E-state index in [9.17, 15) is 9.90 Å². The van der Waals surface area contributed by atoms with Crippen LogP contribution in [-0.4, -0.2) is 42.2 Å². The average molecular weight is 580 g/mol. The van der Waals surface area contributed by atoms with Crippen molar-refractivity contribution in [3.63, 3.8) is 0 Å². The molecule has 6 rings (SSSR count). The highest BCUT2D eigenvalue weighted by Crippen LogP contribution is 2.37. The second-order valence-corrected chi connectivity index (χ2v) is 11.5. The maximum absolute atomic E-state index is 12.4. The number of carboxylic acids is 1. The van der Waals surface area contributed by atoms with Crippen LogP contribution in [0.25, 0.3) is 32.8 Å². The molecule has 3 aromatic heterocycles. The average Bonchev–Trinajstić information content (AvgIpc) is 3.62. The zero-order valence-electron chi connectivity index (χ0n) is 24.1. The maximum Gasteiger partial charge on any atom is 0.352 e. The fourth-order valence-electron chi connectivity index (χ4n) is 5.55. The highest BCUT2D eigenvalue weighted by atomic mass is 32.2. The molecule has 0 aliphatic heterocycles. The Balaban J connectivity index is 1.28. The molecule has 3 heterocycles. The van der Waals surface area contributed by atoms with Crippen molar-refractivity contribution in [3.05, 3.63) is 95.1 Å². The summed E-state index contributed by atoms with van der Waals surface area (Å²) in [4.78, 5) is 15.6. The Kier molecular flexibility index (Phi) is 7.51. The highest BCUT2D eigenvalue weighted by molar-refractivity contribution is 7.98. The molecule has 0 atom stereocenters. The van der Waals surface area contributed by atoms with E-state index in [1.807, 2.05) is 79.8 Å². The van der Waals surface area contributed by atoms with Crippen LogP contribution in [0.1, 0.15) is 39.6 Å². The summed E-state index contributed by atoms with van der Waals surface area (Å²) in [6.07, 6.45) is 1.25. The van der Waals surface area contributed by atoms with Gasteiger partial charge in [0.2, 0.25) is 0 Å². The summed E-state index contributed by atoms with van der Waals surface area (Å²) in [5, 5.41) is 23.6. The Morgan fingerprint density at radius 2 is 1.74 bits per heavy atom. The van der Waals surface area contributed by atoms with Gasteiger partial charge in [-0.15, -0.1) is 0 Å². The maximum atomic E-state index is 12.4. The van der Waals surface area contributed by atoms with Crippen molar-refractivity contribution in [2.45, 2.75) is 37.5 Å². The molecule has 8 nitrogen and oxygen atoms in total. The summed E-state index contributed by atoms with van der Waals surface area (Å²) in [5.74, 6) is 0.520. The fourth-order valence-corrected chi connectivity index (χ4v) is 6.47. The number of hydrogen-bond acceptors (Lipinski definition) is 5. The number of hydrogen-bond donors (Lipinski definition) is 2. The van der Waals surface area contributed by atoms with Crippen molar-refractivity contribution in [2.24, 2.45) is 14.1 Å². The topological polar surface area (TPSA) is 98.0 Å². The van der Waals surface area contributed by atoms with E-state index in [-0.39, 0.29) is 5.69 Å². The van der Waals surface area contributed by atoms with Crippen molar-refractivity contribution in [2.75, 3.05) is 6.61 Å².